The Bertz CT molecular complexity index is 364. The smallest absolute Gasteiger partial charge is 0.229 e. The van der Waals surface area contributed by atoms with E-state index in [1.54, 1.807) is 18.2 Å². The number of nitrogens with two attached hydrogens (primary N) is 1. The first-order valence-electron chi connectivity index (χ1n) is 5.34. The van der Waals surface area contributed by atoms with Crippen molar-refractivity contribution in [3.63, 3.8) is 0 Å². The fourth-order valence-corrected chi connectivity index (χ4v) is 1.50. The Morgan fingerprint density at radius 1 is 1.50 bits per heavy atom. The predicted octanol–water partition coefficient (Wildman–Crippen LogP) is 1.56. The van der Waals surface area contributed by atoms with Gasteiger partial charge in [0.2, 0.25) is 5.91 Å². The summed E-state index contributed by atoms with van der Waals surface area (Å²) in [5, 5.41) is 12.0. The molecule has 0 aliphatic rings. The molecule has 1 atom stereocenters. The van der Waals surface area contributed by atoms with E-state index >= 15 is 0 Å². The lowest BCUT2D eigenvalue weighted by molar-refractivity contribution is -0.120. The molecule has 0 saturated heterocycles. The molecule has 16 heavy (non-hydrogen) atoms. The zero-order chi connectivity index (χ0) is 12.1. The van der Waals surface area contributed by atoms with Crippen molar-refractivity contribution in [2.75, 3.05) is 11.9 Å². The minimum atomic E-state index is -0.206. The maximum absolute atomic E-state index is 11.8. The summed E-state index contributed by atoms with van der Waals surface area (Å²) in [5.74, 6) is 0.0133. The largest absolute Gasteiger partial charge is 0.508 e. The number of aromatic hydroxyl groups is 1. The van der Waals surface area contributed by atoms with Crippen LogP contribution in [-0.2, 0) is 4.79 Å². The number of anilines is 1. The number of hydrogen-bond donors (Lipinski definition) is 3. The molecule has 0 spiro atoms. The van der Waals surface area contributed by atoms with Crippen molar-refractivity contribution in [3.8, 4) is 5.75 Å². The number of phenols is 1. The average Bonchev–Trinajstić information content (AvgIpc) is 2.17. The van der Waals surface area contributed by atoms with Gasteiger partial charge in [0, 0.05) is 18.3 Å². The standard InChI is InChI=1S/C12H18N2O2/c1-8(2)11(7-13)12(16)14-9-4-3-5-10(15)6-9/h3-6,8,11,15H,7,13H2,1-2H3,(H,14,16). The lowest BCUT2D eigenvalue weighted by atomic mass is 9.95. The number of benzene rings is 1. The Hall–Kier alpha value is -1.55. The highest BCUT2D eigenvalue weighted by Gasteiger charge is 2.20. The van der Waals surface area contributed by atoms with Crippen LogP contribution in [-0.4, -0.2) is 17.6 Å². The van der Waals surface area contributed by atoms with Crippen LogP contribution in [0, 0.1) is 11.8 Å². The van der Waals surface area contributed by atoms with Crippen LogP contribution in [0.25, 0.3) is 0 Å². The van der Waals surface area contributed by atoms with Crippen LogP contribution in [0.5, 0.6) is 5.75 Å². The summed E-state index contributed by atoms with van der Waals surface area (Å²) in [5.41, 5.74) is 6.14. The zero-order valence-corrected chi connectivity index (χ0v) is 9.60. The number of carbonyl (C=O) groups excluding carboxylic acids is 1. The average molecular weight is 222 g/mol. The maximum atomic E-state index is 11.8. The number of nitrogens with one attached hydrogen (secondary N) is 1. The Morgan fingerprint density at radius 3 is 2.69 bits per heavy atom. The van der Waals surface area contributed by atoms with E-state index in [-0.39, 0.29) is 23.5 Å². The fourth-order valence-electron chi connectivity index (χ4n) is 1.50. The van der Waals surface area contributed by atoms with Gasteiger partial charge >= 0.3 is 0 Å². The van der Waals surface area contributed by atoms with Crippen LogP contribution < -0.4 is 11.1 Å². The molecular weight excluding hydrogens is 204 g/mol. The van der Waals surface area contributed by atoms with E-state index in [4.69, 9.17) is 5.73 Å². The van der Waals surface area contributed by atoms with Gasteiger partial charge in [0.05, 0.1) is 5.92 Å². The summed E-state index contributed by atoms with van der Waals surface area (Å²) in [6.07, 6.45) is 0. The number of amides is 1. The van der Waals surface area contributed by atoms with Gasteiger partial charge < -0.3 is 16.2 Å². The molecule has 0 aliphatic carbocycles. The molecule has 0 bridgehead atoms. The Kier molecular flexibility index (Phi) is 4.31. The number of hydrogen-bond acceptors (Lipinski definition) is 3. The van der Waals surface area contributed by atoms with E-state index in [0.717, 1.165) is 0 Å². The summed E-state index contributed by atoms with van der Waals surface area (Å²) < 4.78 is 0. The Balaban J connectivity index is 2.70. The fraction of sp³-hybridized carbons (Fsp3) is 0.417. The van der Waals surface area contributed by atoms with Gasteiger partial charge in [0.1, 0.15) is 5.75 Å². The second kappa shape index (κ2) is 5.51. The molecule has 0 aliphatic heterocycles. The van der Waals surface area contributed by atoms with Crippen molar-refractivity contribution in [3.05, 3.63) is 24.3 Å². The van der Waals surface area contributed by atoms with Gasteiger partial charge in [0.15, 0.2) is 0 Å². The van der Waals surface area contributed by atoms with Crippen LogP contribution in [0.4, 0.5) is 5.69 Å². The molecule has 4 nitrogen and oxygen atoms in total. The molecule has 1 aromatic rings. The maximum Gasteiger partial charge on any atom is 0.229 e. The van der Waals surface area contributed by atoms with E-state index in [9.17, 15) is 9.90 Å². The van der Waals surface area contributed by atoms with E-state index in [1.165, 1.54) is 6.07 Å². The highest BCUT2D eigenvalue weighted by molar-refractivity contribution is 5.93. The van der Waals surface area contributed by atoms with Crippen molar-refractivity contribution in [1.82, 2.24) is 0 Å². The molecule has 1 aromatic carbocycles. The summed E-state index contributed by atoms with van der Waals surface area (Å²) >= 11 is 0. The third-order valence-electron chi connectivity index (χ3n) is 2.51. The minimum Gasteiger partial charge on any atom is -0.508 e. The normalized spacial score (nSPS) is 12.5. The van der Waals surface area contributed by atoms with Crippen molar-refractivity contribution in [1.29, 1.82) is 0 Å². The monoisotopic (exact) mass is 222 g/mol. The molecule has 0 heterocycles. The SMILES string of the molecule is CC(C)C(CN)C(=O)Nc1cccc(O)c1. The highest BCUT2D eigenvalue weighted by atomic mass is 16.3. The zero-order valence-electron chi connectivity index (χ0n) is 9.60. The quantitative estimate of drug-likeness (QED) is 0.723. The van der Waals surface area contributed by atoms with Gasteiger partial charge in [-0.05, 0) is 18.1 Å². The van der Waals surface area contributed by atoms with Gasteiger partial charge in [-0.2, -0.15) is 0 Å². The van der Waals surface area contributed by atoms with Gasteiger partial charge in [-0.3, -0.25) is 4.79 Å². The molecule has 0 fully saturated rings. The van der Waals surface area contributed by atoms with Crippen LogP contribution in [0.15, 0.2) is 24.3 Å². The molecule has 0 radical (unpaired) electrons. The lowest BCUT2D eigenvalue weighted by Crippen LogP contribution is -2.33. The molecule has 4 N–H and O–H groups in total. The first-order valence-corrected chi connectivity index (χ1v) is 5.34. The molecule has 0 saturated carbocycles. The van der Waals surface area contributed by atoms with Gasteiger partial charge in [-0.1, -0.05) is 19.9 Å². The molecule has 1 amide bonds. The first kappa shape index (κ1) is 12.5. The van der Waals surface area contributed by atoms with Crippen LogP contribution in [0.1, 0.15) is 13.8 Å². The lowest BCUT2D eigenvalue weighted by Gasteiger charge is -2.18. The van der Waals surface area contributed by atoms with Crippen molar-refractivity contribution in [2.45, 2.75) is 13.8 Å². The third-order valence-corrected chi connectivity index (χ3v) is 2.51. The van der Waals surface area contributed by atoms with Gasteiger partial charge in [-0.15, -0.1) is 0 Å². The second-order valence-corrected chi connectivity index (χ2v) is 4.13. The van der Waals surface area contributed by atoms with Gasteiger partial charge in [-0.25, -0.2) is 0 Å². The molecular formula is C12H18N2O2. The number of rotatable bonds is 4. The summed E-state index contributed by atoms with van der Waals surface area (Å²) in [4.78, 5) is 11.8. The van der Waals surface area contributed by atoms with Gasteiger partial charge in [0.25, 0.3) is 0 Å². The minimum absolute atomic E-state index is 0.108. The predicted molar refractivity (Wildman–Crippen MR) is 64.1 cm³/mol. The van der Waals surface area contributed by atoms with E-state index in [1.807, 2.05) is 13.8 Å². The molecule has 1 unspecified atom stereocenters. The van der Waals surface area contributed by atoms with Crippen LogP contribution in [0.2, 0.25) is 0 Å². The molecule has 88 valence electrons. The molecule has 4 heteroatoms. The van der Waals surface area contributed by atoms with E-state index in [0.29, 0.717) is 12.2 Å². The van der Waals surface area contributed by atoms with E-state index in [2.05, 4.69) is 5.32 Å². The third kappa shape index (κ3) is 3.24. The second-order valence-electron chi connectivity index (χ2n) is 4.13. The first-order chi connectivity index (χ1) is 7.54. The van der Waals surface area contributed by atoms with Crippen molar-refractivity contribution < 1.29 is 9.90 Å². The molecule has 0 aromatic heterocycles. The number of phenolic OH excluding ortho intramolecular Hbond substituents is 1. The van der Waals surface area contributed by atoms with Crippen LogP contribution in [0.3, 0.4) is 0 Å². The van der Waals surface area contributed by atoms with E-state index < -0.39 is 0 Å². The summed E-state index contributed by atoms with van der Waals surface area (Å²) in [6.45, 7) is 4.24. The highest BCUT2D eigenvalue weighted by Crippen LogP contribution is 2.17. The van der Waals surface area contributed by atoms with Crippen LogP contribution >= 0.6 is 0 Å². The Morgan fingerprint density at radius 2 is 2.19 bits per heavy atom. The topological polar surface area (TPSA) is 75.4 Å². The summed E-state index contributed by atoms with van der Waals surface area (Å²) in [6, 6.07) is 6.47. The number of carbonyl (C=O) groups is 1. The Labute approximate surface area is 95.5 Å². The van der Waals surface area contributed by atoms with Crippen molar-refractivity contribution in [2.24, 2.45) is 17.6 Å². The summed E-state index contributed by atoms with van der Waals surface area (Å²) in [7, 11) is 0. The van der Waals surface area contributed by atoms with Crippen molar-refractivity contribution >= 4 is 11.6 Å². The molecule has 1 rings (SSSR count).